The van der Waals surface area contributed by atoms with Crippen LogP contribution >= 0.6 is 22.9 Å². The molecule has 3 aromatic heterocycles. The Hall–Kier alpha value is -3.79. The predicted octanol–water partition coefficient (Wildman–Crippen LogP) is 5.20. The van der Waals surface area contributed by atoms with E-state index in [0.717, 1.165) is 43.9 Å². The lowest BCUT2D eigenvalue weighted by atomic mass is 10.0. The zero-order chi connectivity index (χ0) is 28.5. The molecule has 0 spiro atoms. The van der Waals surface area contributed by atoms with E-state index in [1.807, 2.05) is 55.6 Å². The Morgan fingerprint density at radius 1 is 1.07 bits per heavy atom. The van der Waals surface area contributed by atoms with Crippen LogP contribution in [0.5, 0.6) is 0 Å². The van der Waals surface area contributed by atoms with Crippen molar-refractivity contribution in [1.82, 2.24) is 29.4 Å². The van der Waals surface area contributed by atoms with Crippen LogP contribution in [-0.4, -0.2) is 49.1 Å². The summed E-state index contributed by atoms with van der Waals surface area (Å²) in [5.41, 5.74) is 4.83. The molecule has 1 aliphatic rings. The largest absolute Gasteiger partial charge is 0.353 e. The number of piperidine rings is 1. The molecule has 1 aliphatic heterocycles. The number of amides is 1. The van der Waals surface area contributed by atoms with Crippen LogP contribution in [0.15, 0.2) is 70.8 Å². The summed E-state index contributed by atoms with van der Waals surface area (Å²) in [4.78, 5) is 34.6. The summed E-state index contributed by atoms with van der Waals surface area (Å²) in [5, 5.41) is 10.3. The second kappa shape index (κ2) is 11.6. The van der Waals surface area contributed by atoms with Gasteiger partial charge in [0.05, 0.1) is 28.4 Å². The number of aromatic nitrogens is 4. The van der Waals surface area contributed by atoms with Gasteiger partial charge in [0.25, 0.3) is 5.56 Å². The number of rotatable bonds is 7. The normalized spacial score (nSPS) is 14.5. The highest BCUT2D eigenvalue weighted by Gasteiger charge is 2.23. The van der Waals surface area contributed by atoms with Gasteiger partial charge in [0.15, 0.2) is 4.96 Å². The third-order valence-electron chi connectivity index (χ3n) is 7.59. The first-order valence-electron chi connectivity index (χ1n) is 13.7. The predicted molar refractivity (Wildman–Crippen MR) is 163 cm³/mol. The van der Waals surface area contributed by atoms with E-state index in [9.17, 15) is 9.59 Å². The second-order valence-electron chi connectivity index (χ2n) is 10.5. The first-order valence-corrected chi connectivity index (χ1v) is 15.0. The van der Waals surface area contributed by atoms with Crippen LogP contribution in [0.25, 0.3) is 21.9 Å². The minimum absolute atomic E-state index is 0.0842. The van der Waals surface area contributed by atoms with Crippen molar-refractivity contribution in [3.05, 3.63) is 104 Å². The van der Waals surface area contributed by atoms with Crippen molar-refractivity contribution >= 4 is 33.8 Å². The highest BCUT2D eigenvalue weighted by atomic mass is 35.5. The first kappa shape index (κ1) is 27.4. The van der Waals surface area contributed by atoms with Crippen LogP contribution in [0, 0.1) is 13.8 Å². The van der Waals surface area contributed by atoms with Crippen LogP contribution in [0.3, 0.4) is 0 Å². The van der Waals surface area contributed by atoms with Gasteiger partial charge in [-0.15, -0.1) is 11.3 Å². The molecule has 8 nitrogen and oxygen atoms in total. The summed E-state index contributed by atoms with van der Waals surface area (Å²) in [7, 11) is 0. The van der Waals surface area contributed by atoms with E-state index in [1.54, 1.807) is 9.08 Å². The van der Waals surface area contributed by atoms with Crippen molar-refractivity contribution in [3.63, 3.8) is 0 Å². The number of nitrogens with one attached hydrogen (secondary N) is 1. The maximum atomic E-state index is 13.8. The molecule has 1 amide bonds. The number of fused-ring (bicyclic) bond motifs is 1. The number of likely N-dealkylation sites (tertiary alicyclic amines) is 1. The van der Waals surface area contributed by atoms with Crippen LogP contribution in [0.1, 0.15) is 35.5 Å². The van der Waals surface area contributed by atoms with Crippen molar-refractivity contribution < 1.29 is 4.79 Å². The van der Waals surface area contributed by atoms with Crippen LogP contribution in [0.2, 0.25) is 5.02 Å². The minimum atomic E-state index is -0.227. The molecule has 210 valence electrons. The van der Waals surface area contributed by atoms with Gasteiger partial charge in [-0.25, -0.2) is 9.67 Å². The third-order valence-corrected chi connectivity index (χ3v) is 8.78. The van der Waals surface area contributed by atoms with Crippen LogP contribution < -0.4 is 10.9 Å². The Labute approximate surface area is 247 Å². The molecule has 0 bridgehead atoms. The van der Waals surface area contributed by atoms with E-state index in [4.69, 9.17) is 21.7 Å². The standard InChI is InChI=1S/C31H31ClN6O2S/c1-20-16-26(35-38(20)27-11-7-6-10-25(27)32)29-21(2)33-31-37(30(29)40)24(19-41-31)17-28(39)34-23-12-14-36(15-13-23)18-22-8-4-3-5-9-22/h3-11,16,19,23H,12-15,17-18H2,1-2H3,(H,34,39). The summed E-state index contributed by atoms with van der Waals surface area (Å²) < 4.78 is 3.29. The molecule has 0 radical (unpaired) electrons. The molecule has 4 heterocycles. The molecular formula is C31H31ClN6O2S. The average Bonchev–Trinajstić information content (AvgIpc) is 3.53. The molecule has 6 rings (SSSR count). The lowest BCUT2D eigenvalue weighted by Gasteiger charge is -2.32. The number of para-hydroxylation sites is 1. The first-order chi connectivity index (χ1) is 19.9. The van der Waals surface area contributed by atoms with Crippen molar-refractivity contribution in [2.45, 2.75) is 45.7 Å². The van der Waals surface area contributed by atoms with Gasteiger partial charge in [-0.05, 0) is 50.5 Å². The molecule has 1 fully saturated rings. The molecule has 5 aromatic rings. The third kappa shape index (κ3) is 5.70. The van der Waals surface area contributed by atoms with Crippen molar-refractivity contribution in [1.29, 1.82) is 0 Å². The number of nitrogens with zero attached hydrogens (tertiary/aromatic N) is 5. The van der Waals surface area contributed by atoms with Crippen molar-refractivity contribution in [2.24, 2.45) is 0 Å². The molecular weight excluding hydrogens is 556 g/mol. The van der Waals surface area contributed by atoms with Gasteiger partial charge in [0.2, 0.25) is 5.91 Å². The molecule has 1 saturated heterocycles. The number of hydrogen-bond acceptors (Lipinski definition) is 6. The maximum Gasteiger partial charge on any atom is 0.268 e. The fraction of sp³-hybridized carbons (Fsp3) is 0.290. The van der Waals surface area contributed by atoms with Crippen molar-refractivity contribution in [3.8, 4) is 16.9 Å². The topological polar surface area (TPSA) is 84.5 Å². The number of hydrogen-bond donors (Lipinski definition) is 1. The van der Waals surface area contributed by atoms with Crippen molar-refractivity contribution in [2.75, 3.05) is 13.1 Å². The molecule has 0 unspecified atom stereocenters. The van der Waals surface area contributed by atoms with E-state index in [2.05, 4.69) is 34.5 Å². The monoisotopic (exact) mass is 586 g/mol. The lowest BCUT2D eigenvalue weighted by molar-refractivity contribution is -0.121. The van der Waals surface area contributed by atoms with E-state index in [0.29, 0.717) is 32.6 Å². The fourth-order valence-corrected chi connectivity index (χ4v) is 6.65. The van der Waals surface area contributed by atoms with E-state index >= 15 is 0 Å². The van der Waals surface area contributed by atoms with Gasteiger partial charge < -0.3 is 5.32 Å². The van der Waals surface area contributed by atoms with E-state index < -0.39 is 0 Å². The quantitative estimate of drug-likeness (QED) is 0.283. The Morgan fingerprint density at radius 2 is 1.80 bits per heavy atom. The molecule has 0 aliphatic carbocycles. The highest BCUT2D eigenvalue weighted by molar-refractivity contribution is 7.15. The summed E-state index contributed by atoms with van der Waals surface area (Å²) in [6.07, 6.45) is 1.92. The molecule has 1 N–H and O–H groups in total. The summed E-state index contributed by atoms with van der Waals surface area (Å²) >= 11 is 7.78. The Bertz CT molecular complexity index is 1770. The summed E-state index contributed by atoms with van der Waals surface area (Å²) in [5.74, 6) is -0.0842. The van der Waals surface area contributed by atoms with Gasteiger partial charge >= 0.3 is 0 Å². The molecule has 41 heavy (non-hydrogen) atoms. The van der Waals surface area contributed by atoms with Crippen LogP contribution in [0.4, 0.5) is 0 Å². The van der Waals surface area contributed by atoms with Gasteiger partial charge in [0, 0.05) is 42.4 Å². The Kier molecular flexibility index (Phi) is 7.75. The van der Waals surface area contributed by atoms with E-state index in [1.165, 1.54) is 16.9 Å². The fourth-order valence-electron chi connectivity index (χ4n) is 5.51. The zero-order valence-electron chi connectivity index (χ0n) is 23.0. The lowest BCUT2D eigenvalue weighted by Crippen LogP contribution is -2.44. The molecule has 10 heteroatoms. The summed E-state index contributed by atoms with van der Waals surface area (Å²) in [6.45, 7) is 6.54. The molecule has 0 saturated carbocycles. The number of carbonyl (C=O) groups is 1. The van der Waals surface area contributed by atoms with Gasteiger partial charge in [-0.2, -0.15) is 5.10 Å². The number of aryl methyl sites for hydroxylation is 2. The minimum Gasteiger partial charge on any atom is -0.353 e. The zero-order valence-corrected chi connectivity index (χ0v) is 24.6. The SMILES string of the molecule is Cc1nc2scc(CC(=O)NC3CCN(Cc4ccccc4)CC3)n2c(=O)c1-c1cc(C)n(-c2ccccc2Cl)n1. The average molecular weight is 587 g/mol. The van der Waals surface area contributed by atoms with Gasteiger partial charge in [0.1, 0.15) is 5.69 Å². The number of carbonyl (C=O) groups excluding carboxylic acids is 1. The Morgan fingerprint density at radius 3 is 2.56 bits per heavy atom. The Balaban J connectivity index is 1.18. The molecule has 0 atom stereocenters. The number of benzene rings is 2. The number of halogens is 1. The van der Waals surface area contributed by atoms with Gasteiger partial charge in [-0.1, -0.05) is 54.1 Å². The van der Waals surface area contributed by atoms with E-state index in [-0.39, 0.29) is 23.9 Å². The maximum absolute atomic E-state index is 13.8. The summed E-state index contributed by atoms with van der Waals surface area (Å²) in [6, 6.07) is 19.9. The highest BCUT2D eigenvalue weighted by Crippen LogP contribution is 2.26. The molecule has 2 aromatic carbocycles. The second-order valence-corrected chi connectivity index (χ2v) is 11.8. The number of thiazole rings is 1. The smallest absolute Gasteiger partial charge is 0.268 e. The van der Waals surface area contributed by atoms with Gasteiger partial charge in [-0.3, -0.25) is 18.9 Å². The van der Waals surface area contributed by atoms with Crippen LogP contribution in [-0.2, 0) is 17.8 Å².